The molecule has 0 spiro atoms. The highest BCUT2D eigenvalue weighted by Gasteiger charge is 2.08. The summed E-state index contributed by atoms with van der Waals surface area (Å²) >= 11 is 0. The van der Waals surface area contributed by atoms with E-state index in [2.05, 4.69) is 11.7 Å². The van der Waals surface area contributed by atoms with Gasteiger partial charge >= 0.3 is 5.97 Å². The van der Waals surface area contributed by atoms with E-state index >= 15 is 0 Å². The fourth-order valence-corrected chi connectivity index (χ4v) is 1.14. The fraction of sp³-hybridized carbons (Fsp3) is 0.167. The normalized spacial score (nSPS) is 11.0. The van der Waals surface area contributed by atoms with Crippen molar-refractivity contribution < 1.29 is 9.90 Å². The summed E-state index contributed by atoms with van der Waals surface area (Å²) in [5.74, 6) is -1.05. The number of hydrogen-bond donors (Lipinski definition) is 1. The molecular formula is C12H14N2O2. The van der Waals surface area contributed by atoms with Gasteiger partial charge in [-0.2, -0.15) is 5.10 Å². The van der Waals surface area contributed by atoms with Crippen LogP contribution in [-0.4, -0.2) is 23.8 Å². The summed E-state index contributed by atoms with van der Waals surface area (Å²) in [5.41, 5.74) is 1.28. The maximum absolute atomic E-state index is 10.7. The number of anilines is 1. The van der Waals surface area contributed by atoms with Crippen LogP contribution < -0.4 is 5.01 Å². The smallest absolute Gasteiger partial charge is 0.336 e. The molecule has 0 amide bonds. The quantitative estimate of drug-likeness (QED) is 0.478. The minimum atomic E-state index is -1.05. The predicted octanol–water partition coefficient (Wildman–Crippen LogP) is 2.14. The topological polar surface area (TPSA) is 52.9 Å². The van der Waals surface area contributed by atoms with Gasteiger partial charge in [0.05, 0.1) is 17.0 Å². The molecule has 0 aliphatic heterocycles. The Bertz CT molecular complexity index is 424. The maximum Gasteiger partial charge on any atom is 0.336 e. The molecule has 0 radical (unpaired) electrons. The van der Waals surface area contributed by atoms with Crippen molar-refractivity contribution in [2.24, 2.45) is 5.10 Å². The summed E-state index contributed by atoms with van der Waals surface area (Å²) < 4.78 is 0. The Kier molecular flexibility index (Phi) is 3.83. The van der Waals surface area contributed by atoms with Gasteiger partial charge in [-0.25, -0.2) is 4.79 Å². The standard InChI is InChI=1S/C12H14N2O2/c1-9(12(15)16)10(2)13-14(3)11-7-5-4-6-8-11/h4-8H,1H2,2-3H3,(H,15,16)/b13-10-. The summed E-state index contributed by atoms with van der Waals surface area (Å²) in [6.07, 6.45) is 0. The van der Waals surface area contributed by atoms with Crippen LogP contribution in [0.15, 0.2) is 47.6 Å². The van der Waals surface area contributed by atoms with Crippen LogP contribution in [0.5, 0.6) is 0 Å². The molecule has 0 saturated carbocycles. The van der Waals surface area contributed by atoms with Gasteiger partial charge in [-0.1, -0.05) is 24.8 Å². The second-order valence-corrected chi connectivity index (χ2v) is 3.33. The monoisotopic (exact) mass is 218 g/mol. The van der Waals surface area contributed by atoms with E-state index in [9.17, 15) is 4.79 Å². The van der Waals surface area contributed by atoms with E-state index < -0.39 is 5.97 Å². The Morgan fingerprint density at radius 1 is 1.38 bits per heavy atom. The van der Waals surface area contributed by atoms with E-state index in [1.165, 1.54) is 0 Å². The lowest BCUT2D eigenvalue weighted by atomic mass is 10.2. The molecule has 16 heavy (non-hydrogen) atoms. The average molecular weight is 218 g/mol. The minimum Gasteiger partial charge on any atom is -0.478 e. The lowest BCUT2D eigenvalue weighted by Crippen LogP contribution is -2.15. The number of carboxylic acid groups (broad SMARTS) is 1. The molecule has 0 heterocycles. The van der Waals surface area contributed by atoms with Crippen molar-refractivity contribution in [2.75, 3.05) is 12.1 Å². The minimum absolute atomic E-state index is 0.00258. The summed E-state index contributed by atoms with van der Waals surface area (Å²) in [5, 5.41) is 14.5. The number of nitrogens with zero attached hydrogens (tertiary/aromatic N) is 2. The van der Waals surface area contributed by atoms with Crippen molar-refractivity contribution in [1.82, 2.24) is 0 Å². The van der Waals surface area contributed by atoms with Gasteiger partial charge in [0.25, 0.3) is 0 Å². The number of aliphatic carboxylic acids is 1. The molecule has 1 N–H and O–H groups in total. The predicted molar refractivity (Wildman–Crippen MR) is 64.7 cm³/mol. The molecule has 1 aromatic rings. The third-order valence-electron chi connectivity index (χ3n) is 2.12. The van der Waals surface area contributed by atoms with E-state index in [4.69, 9.17) is 5.11 Å². The third-order valence-corrected chi connectivity index (χ3v) is 2.12. The molecule has 0 aliphatic carbocycles. The van der Waals surface area contributed by atoms with Gasteiger partial charge in [-0.3, -0.25) is 5.01 Å². The lowest BCUT2D eigenvalue weighted by molar-refractivity contribution is -0.132. The van der Waals surface area contributed by atoms with Crippen LogP contribution in [0.1, 0.15) is 6.92 Å². The molecular weight excluding hydrogens is 204 g/mol. The largest absolute Gasteiger partial charge is 0.478 e. The third kappa shape index (κ3) is 2.95. The molecule has 4 heteroatoms. The second-order valence-electron chi connectivity index (χ2n) is 3.33. The summed E-state index contributed by atoms with van der Waals surface area (Å²) in [6.45, 7) is 5.06. The molecule has 1 rings (SSSR count). The molecule has 0 bridgehead atoms. The lowest BCUT2D eigenvalue weighted by Gasteiger charge is -2.14. The van der Waals surface area contributed by atoms with Gasteiger partial charge in [-0.05, 0) is 19.1 Å². The highest BCUT2D eigenvalue weighted by molar-refractivity contribution is 6.17. The molecule has 0 aliphatic rings. The summed E-state index contributed by atoms with van der Waals surface area (Å²) in [6, 6.07) is 9.47. The molecule has 0 saturated heterocycles. The Hall–Kier alpha value is -2.10. The van der Waals surface area contributed by atoms with Crippen LogP contribution in [0, 0.1) is 0 Å². The van der Waals surface area contributed by atoms with E-state index in [0.717, 1.165) is 5.69 Å². The first-order chi connectivity index (χ1) is 7.52. The highest BCUT2D eigenvalue weighted by Crippen LogP contribution is 2.12. The molecule has 84 valence electrons. The molecule has 0 fully saturated rings. The average Bonchev–Trinajstić information content (AvgIpc) is 2.28. The summed E-state index contributed by atoms with van der Waals surface area (Å²) in [4.78, 5) is 10.7. The number of para-hydroxylation sites is 1. The second kappa shape index (κ2) is 5.11. The first-order valence-corrected chi connectivity index (χ1v) is 4.79. The maximum atomic E-state index is 10.7. The van der Waals surface area contributed by atoms with Crippen LogP contribution in [0.2, 0.25) is 0 Å². The van der Waals surface area contributed by atoms with Gasteiger partial charge in [0.15, 0.2) is 0 Å². The van der Waals surface area contributed by atoms with E-state index in [1.54, 1.807) is 19.0 Å². The zero-order chi connectivity index (χ0) is 12.1. The Morgan fingerprint density at radius 2 is 1.94 bits per heavy atom. The van der Waals surface area contributed by atoms with Crippen molar-refractivity contribution in [3.8, 4) is 0 Å². The molecule has 0 atom stereocenters. The van der Waals surface area contributed by atoms with Crippen molar-refractivity contribution in [2.45, 2.75) is 6.92 Å². The van der Waals surface area contributed by atoms with Gasteiger partial charge in [-0.15, -0.1) is 0 Å². The van der Waals surface area contributed by atoms with E-state index in [0.29, 0.717) is 5.71 Å². The Labute approximate surface area is 94.5 Å². The number of rotatable bonds is 4. The number of benzene rings is 1. The molecule has 1 aromatic carbocycles. The van der Waals surface area contributed by atoms with Crippen molar-refractivity contribution >= 4 is 17.4 Å². The van der Waals surface area contributed by atoms with Gasteiger partial charge in [0.1, 0.15) is 0 Å². The highest BCUT2D eigenvalue weighted by atomic mass is 16.4. The van der Waals surface area contributed by atoms with Crippen molar-refractivity contribution in [1.29, 1.82) is 0 Å². The number of carbonyl (C=O) groups is 1. The number of carboxylic acids is 1. The van der Waals surface area contributed by atoms with Crippen LogP contribution in [-0.2, 0) is 4.79 Å². The van der Waals surface area contributed by atoms with Crippen LogP contribution >= 0.6 is 0 Å². The van der Waals surface area contributed by atoms with E-state index in [1.807, 2.05) is 30.3 Å². The zero-order valence-corrected chi connectivity index (χ0v) is 9.34. The Morgan fingerprint density at radius 3 is 2.44 bits per heavy atom. The van der Waals surface area contributed by atoms with Crippen LogP contribution in [0.4, 0.5) is 5.69 Å². The fourth-order valence-electron chi connectivity index (χ4n) is 1.14. The van der Waals surface area contributed by atoms with Gasteiger partial charge in [0, 0.05) is 7.05 Å². The number of hydrazone groups is 1. The number of hydrogen-bond acceptors (Lipinski definition) is 3. The molecule has 0 aromatic heterocycles. The molecule has 4 nitrogen and oxygen atoms in total. The molecule has 0 unspecified atom stereocenters. The SMILES string of the molecule is C=C(C(=O)O)/C(C)=N\N(C)c1ccccc1. The first kappa shape index (κ1) is 12.0. The first-order valence-electron chi connectivity index (χ1n) is 4.79. The van der Waals surface area contributed by atoms with Crippen molar-refractivity contribution in [3.05, 3.63) is 42.5 Å². The van der Waals surface area contributed by atoms with E-state index in [-0.39, 0.29) is 5.57 Å². The van der Waals surface area contributed by atoms with Crippen LogP contribution in [0.25, 0.3) is 0 Å². The van der Waals surface area contributed by atoms with Gasteiger partial charge in [0.2, 0.25) is 0 Å². The van der Waals surface area contributed by atoms with Gasteiger partial charge < -0.3 is 5.11 Å². The Balaban J connectivity index is 2.85. The van der Waals surface area contributed by atoms with Crippen LogP contribution in [0.3, 0.4) is 0 Å². The summed E-state index contributed by atoms with van der Waals surface area (Å²) in [7, 11) is 1.76. The van der Waals surface area contributed by atoms with Crippen molar-refractivity contribution in [3.63, 3.8) is 0 Å². The zero-order valence-electron chi connectivity index (χ0n) is 9.34.